The molecule has 0 saturated heterocycles. The van der Waals surface area contributed by atoms with Crippen LogP contribution in [0.5, 0.6) is 0 Å². The fraction of sp³-hybridized carbons (Fsp3) is 0.400. The maximum atomic E-state index is 12.7. The van der Waals surface area contributed by atoms with Crippen LogP contribution in [0, 0.1) is 0 Å². The third kappa shape index (κ3) is 5.68. The lowest BCUT2D eigenvalue weighted by Crippen LogP contribution is -2.20. The molecule has 0 heterocycles. The van der Waals surface area contributed by atoms with Crippen molar-refractivity contribution < 1.29 is 31.1 Å². The molecule has 0 unspecified atom stereocenters. The summed E-state index contributed by atoms with van der Waals surface area (Å²) in [6, 6.07) is 3.32. The van der Waals surface area contributed by atoms with E-state index in [0.717, 1.165) is 12.1 Å². The van der Waals surface area contributed by atoms with Crippen LogP contribution in [0.25, 0.3) is 0 Å². The molecule has 0 atom stereocenters. The standard InChI is InChI=1S/C10H8BrF6NO/c11-6-1-2-8(7(5-6)9(12,13)14)18-3-4-19-10(15,16)17/h1-2,5,18H,3-4H2. The van der Waals surface area contributed by atoms with Crippen LogP contribution in [0.15, 0.2) is 22.7 Å². The number of hydrogen-bond acceptors (Lipinski definition) is 2. The molecule has 1 aromatic carbocycles. The molecule has 1 N–H and O–H groups in total. The first-order valence-electron chi connectivity index (χ1n) is 4.91. The highest BCUT2D eigenvalue weighted by Gasteiger charge is 2.34. The molecule has 0 aliphatic carbocycles. The van der Waals surface area contributed by atoms with Crippen LogP contribution < -0.4 is 5.32 Å². The van der Waals surface area contributed by atoms with E-state index in [9.17, 15) is 26.3 Å². The van der Waals surface area contributed by atoms with Crippen LogP contribution in [-0.2, 0) is 10.9 Å². The zero-order chi connectivity index (χ0) is 14.7. The minimum absolute atomic E-state index is 0.219. The Kier molecular flexibility index (Phi) is 5.08. The summed E-state index contributed by atoms with van der Waals surface area (Å²) < 4.78 is 76.6. The smallest absolute Gasteiger partial charge is 0.382 e. The van der Waals surface area contributed by atoms with Gasteiger partial charge in [0.25, 0.3) is 0 Å². The van der Waals surface area contributed by atoms with Gasteiger partial charge in [0.1, 0.15) is 0 Å². The lowest BCUT2D eigenvalue weighted by molar-refractivity contribution is -0.322. The van der Waals surface area contributed by atoms with Gasteiger partial charge in [-0.05, 0) is 18.2 Å². The van der Waals surface area contributed by atoms with Gasteiger partial charge in [0.15, 0.2) is 0 Å². The van der Waals surface area contributed by atoms with Gasteiger partial charge >= 0.3 is 12.5 Å². The highest BCUT2D eigenvalue weighted by atomic mass is 79.9. The van der Waals surface area contributed by atoms with Gasteiger partial charge < -0.3 is 5.32 Å². The Morgan fingerprint density at radius 3 is 2.26 bits per heavy atom. The maximum absolute atomic E-state index is 12.7. The van der Waals surface area contributed by atoms with Crippen molar-refractivity contribution >= 4 is 21.6 Å². The first-order chi connectivity index (χ1) is 8.59. The Labute approximate surface area is 112 Å². The van der Waals surface area contributed by atoms with E-state index in [0.29, 0.717) is 0 Å². The topological polar surface area (TPSA) is 21.3 Å². The lowest BCUT2D eigenvalue weighted by atomic mass is 10.1. The zero-order valence-corrected chi connectivity index (χ0v) is 10.8. The van der Waals surface area contributed by atoms with Gasteiger partial charge in [-0.1, -0.05) is 15.9 Å². The average molecular weight is 352 g/mol. The van der Waals surface area contributed by atoms with Crippen molar-refractivity contribution in [3.05, 3.63) is 28.2 Å². The number of hydrogen-bond donors (Lipinski definition) is 1. The fourth-order valence-corrected chi connectivity index (χ4v) is 1.62. The van der Waals surface area contributed by atoms with E-state index in [4.69, 9.17) is 0 Å². The molecule has 0 bridgehead atoms. The van der Waals surface area contributed by atoms with Gasteiger partial charge in [-0.15, -0.1) is 13.2 Å². The largest absolute Gasteiger partial charge is 0.522 e. The van der Waals surface area contributed by atoms with Crippen LogP contribution in [0.1, 0.15) is 5.56 Å². The summed E-state index contributed by atoms with van der Waals surface area (Å²) in [5.41, 5.74) is -1.27. The molecule has 0 amide bonds. The summed E-state index contributed by atoms with van der Waals surface area (Å²) in [5, 5.41) is 2.25. The van der Waals surface area contributed by atoms with E-state index in [1.165, 1.54) is 6.07 Å². The highest BCUT2D eigenvalue weighted by molar-refractivity contribution is 9.10. The number of benzene rings is 1. The molecular formula is C10H8BrF6NO. The van der Waals surface area contributed by atoms with Crippen LogP contribution >= 0.6 is 15.9 Å². The fourth-order valence-electron chi connectivity index (χ4n) is 1.26. The van der Waals surface area contributed by atoms with Gasteiger partial charge in [-0.3, -0.25) is 4.74 Å². The minimum Gasteiger partial charge on any atom is -0.382 e. The third-order valence-corrected chi connectivity index (χ3v) is 2.46. The van der Waals surface area contributed by atoms with Crippen LogP contribution in [-0.4, -0.2) is 19.5 Å². The van der Waals surface area contributed by atoms with E-state index in [1.54, 1.807) is 0 Å². The molecule has 108 valence electrons. The molecule has 0 aliphatic rings. The number of ether oxygens (including phenoxy) is 1. The second-order valence-corrected chi connectivity index (χ2v) is 4.32. The molecule has 0 saturated carbocycles. The Morgan fingerprint density at radius 1 is 1.11 bits per heavy atom. The van der Waals surface area contributed by atoms with Crippen molar-refractivity contribution in [3.8, 4) is 0 Å². The van der Waals surface area contributed by atoms with Gasteiger partial charge in [0.05, 0.1) is 12.2 Å². The molecule has 0 radical (unpaired) electrons. The van der Waals surface area contributed by atoms with Crippen LogP contribution in [0.4, 0.5) is 32.0 Å². The second kappa shape index (κ2) is 6.00. The van der Waals surface area contributed by atoms with Gasteiger partial charge in [-0.25, -0.2) is 0 Å². The van der Waals surface area contributed by atoms with Crippen molar-refractivity contribution in [2.75, 3.05) is 18.5 Å². The molecule has 0 aromatic heterocycles. The summed E-state index contributed by atoms with van der Waals surface area (Å²) in [5.74, 6) is 0. The average Bonchev–Trinajstić information content (AvgIpc) is 2.23. The van der Waals surface area contributed by atoms with E-state index in [1.807, 2.05) is 0 Å². The van der Waals surface area contributed by atoms with Crippen molar-refractivity contribution in [3.63, 3.8) is 0 Å². The number of rotatable bonds is 4. The van der Waals surface area contributed by atoms with E-state index >= 15 is 0 Å². The highest BCUT2D eigenvalue weighted by Crippen LogP contribution is 2.36. The summed E-state index contributed by atoms with van der Waals surface area (Å²) in [4.78, 5) is 0. The third-order valence-electron chi connectivity index (χ3n) is 1.97. The number of halogens is 7. The monoisotopic (exact) mass is 351 g/mol. The quantitative estimate of drug-likeness (QED) is 0.640. The Bertz CT molecular complexity index is 431. The summed E-state index contributed by atoms with van der Waals surface area (Å²) in [6.45, 7) is -1.18. The normalized spacial score (nSPS) is 12.6. The molecule has 19 heavy (non-hydrogen) atoms. The van der Waals surface area contributed by atoms with E-state index < -0.39 is 31.3 Å². The lowest BCUT2D eigenvalue weighted by Gasteiger charge is -2.15. The SMILES string of the molecule is FC(F)(F)OCCNc1ccc(Br)cc1C(F)(F)F. The molecule has 2 nitrogen and oxygen atoms in total. The number of alkyl halides is 6. The number of anilines is 1. The molecule has 9 heteroatoms. The van der Waals surface area contributed by atoms with Gasteiger partial charge in [-0.2, -0.15) is 13.2 Å². The van der Waals surface area contributed by atoms with Gasteiger partial charge in [0.2, 0.25) is 0 Å². The molecule has 0 spiro atoms. The molecule has 0 fully saturated rings. The van der Waals surface area contributed by atoms with E-state index in [-0.39, 0.29) is 10.2 Å². The first kappa shape index (κ1) is 16.1. The van der Waals surface area contributed by atoms with E-state index in [2.05, 4.69) is 26.0 Å². The molecule has 1 rings (SSSR count). The summed E-state index contributed by atoms with van der Waals surface area (Å²) >= 11 is 2.90. The first-order valence-corrected chi connectivity index (χ1v) is 5.70. The van der Waals surface area contributed by atoms with Crippen molar-refractivity contribution in [1.82, 2.24) is 0 Å². The predicted molar refractivity (Wildman–Crippen MR) is 59.6 cm³/mol. The van der Waals surface area contributed by atoms with Crippen molar-refractivity contribution in [1.29, 1.82) is 0 Å². The van der Waals surface area contributed by atoms with Gasteiger partial charge in [0, 0.05) is 16.7 Å². The van der Waals surface area contributed by atoms with Crippen molar-refractivity contribution in [2.45, 2.75) is 12.5 Å². The minimum atomic E-state index is -4.80. The van der Waals surface area contributed by atoms with Crippen LogP contribution in [0.2, 0.25) is 0 Å². The Hall–Kier alpha value is -0.960. The Morgan fingerprint density at radius 2 is 1.74 bits per heavy atom. The predicted octanol–water partition coefficient (Wildman–Crippen LogP) is 4.42. The molecular weight excluding hydrogens is 344 g/mol. The zero-order valence-electron chi connectivity index (χ0n) is 9.20. The second-order valence-electron chi connectivity index (χ2n) is 3.41. The van der Waals surface area contributed by atoms with Crippen molar-refractivity contribution in [2.24, 2.45) is 0 Å². The Balaban J connectivity index is 2.68. The molecule has 0 aliphatic heterocycles. The number of nitrogens with one attached hydrogen (secondary N) is 1. The molecule has 1 aromatic rings. The summed E-state index contributed by atoms with van der Waals surface area (Å²) in [6.07, 6.45) is -9.40. The maximum Gasteiger partial charge on any atom is 0.522 e. The van der Waals surface area contributed by atoms with Crippen LogP contribution in [0.3, 0.4) is 0 Å². The summed E-state index contributed by atoms with van der Waals surface area (Å²) in [7, 11) is 0.